The largest absolute Gasteiger partial charge is 0.0805 e. The minimum atomic E-state index is 0.931. The van der Waals surface area contributed by atoms with E-state index >= 15 is 0 Å². The van der Waals surface area contributed by atoms with Crippen LogP contribution < -0.4 is 0 Å². The summed E-state index contributed by atoms with van der Waals surface area (Å²) >= 11 is 0. The fourth-order valence-electron chi connectivity index (χ4n) is 3.50. The van der Waals surface area contributed by atoms with Gasteiger partial charge in [0.25, 0.3) is 0 Å². The maximum absolute atomic E-state index is 2.44. The molecule has 64 valence electrons. The number of allylic oxidation sites excluding steroid dienone is 4. The van der Waals surface area contributed by atoms with Crippen LogP contribution in [0.25, 0.3) is 0 Å². The van der Waals surface area contributed by atoms with Crippen LogP contribution in [-0.2, 0) is 0 Å². The summed E-state index contributed by atoms with van der Waals surface area (Å²) in [6, 6.07) is 0. The normalized spacial score (nSPS) is 49.3. The third-order valence-corrected chi connectivity index (χ3v) is 4.09. The summed E-state index contributed by atoms with van der Waals surface area (Å²) in [5.74, 6) is 3.98. The fourth-order valence-corrected chi connectivity index (χ4v) is 3.50. The van der Waals surface area contributed by atoms with Gasteiger partial charge in [-0.1, -0.05) is 37.1 Å². The van der Waals surface area contributed by atoms with E-state index in [0.29, 0.717) is 0 Å². The van der Waals surface area contributed by atoms with Crippen molar-refractivity contribution in [2.75, 3.05) is 0 Å². The molecule has 3 rings (SSSR count). The minimum absolute atomic E-state index is 0.931. The molecular formula is C12H16. The summed E-state index contributed by atoms with van der Waals surface area (Å²) < 4.78 is 0. The van der Waals surface area contributed by atoms with E-state index < -0.39 is 0 Å². The van der Waals surface area contributed by atoms with E-state index in [2.05, 4.69) is 24.3 Å². The third kappa shape index (κ3) is 0.784. The zero-order valence-corrected chi connectivity index (χ0v) is 7.45. The predicted molar refractivity (Wildman–Crippen MR) is 50.7 cm³/mol. The second kappa shape index (κ2) is 2.48. The van der Waals surface area contributed by atoms with E-state index in [0.717, 1.165) is 23.7 Å². The second-order valence-corrected chi connectivity index (χ2v) is 4.54. The number of hydrogen-bond donors (Lipinski definition) is 0. The van der Waals surface area contributed by atoms with Crippen molar-refractivity contribution < 1.29 is 0 Å². The molecule has 0 radical (unpaired) electrons. The molecule has 3 aliphatic carbocycles. The maximum Gasteiger partial charge on any atom is -0.0133 e. The van der Waals surface area contributed by atoms with Crippen molar-refractivity contribution >= 4 is 0 Å². The highest BCUT2D eigenvalue weighted by Gasteiger charge is 2.48. The van der Waals surface area contributed by atoms with Crippen LogP contribution in [0.15, 0.2) is 24.3 Å². The molecule has 0 amide bonds. The molecule has 0 N–H and O–H groups in total. The van der Waals surface area contributed by atoms with Gasteiger partial charge in [0.15, 0.2) is 0 Å². The van der Waals surface area contributed by atoms with Gasteiger partial charge in [-0.05, 0) is 36.5 Å². The first-order valence-electron chi connectivity index (χ1n) is 5.32. The Kier molecular flexibility index (Phi) is 1.44. The Labute approximate surface area is 74.4 Å². The first kappa shape index (κ1) is 6.94. The van der Waals surface area contributed by atoms with Gasteiger partial charge < -0.3 is 0 Å². The van der Waals surface area contributed by atoms with Gasteiger partial charge in [0.2, 0.25) is 0 Å². The standard InChI is InChI=1S/C12H16/c1-2-6-10-9(5-1)11-7-3-4-8-12(10)11/h1-2,5-6,9-12H,3-4,7-8H2. The highest BCUT2D eigenvalue weighted by atomic mass is 14.5. The minimum Gasteiger partial charge on any atom is -0.0805 e. The molecule has 0 aliphatic heterocycles. The average Bonchev–Trinajstić information content (AvgIpc) is 2.14. The molecular weight excluding hydrogens is 144 g/mol. The highest BCUT2D eigenvalue weighted by Crippen LogP contribution is 2.55. The number of fused-ring (bicyclic) bond motifs is 4. The second-order valence-electron chi connectivity index (χ2n) is 4.54. The molecule has 0 nitrogen and oxygen atoms in total. The van der Waals surface area contributed by atoms with Crippen LogP contribution >= 0.6 is 0 Å². The topological polar surface area (TPSA) is 0 Å². The van der Waals surface area contributed by atoms with Crippen molar-refractivity contribution in [2.45, 2.75) is 25.7 Å². The van der Waals surface area contributed by atoms with Gasteiger partial charge in [-0.25, -0.2) is 0 Å². The summed E-state index contributed by atoms with van der Waals surface area (Å²) in [5.41, 5.74) is 0. The smallest absolute Gasteiger partial charge is 0.0133 e. The summed E-state index contributed by atoms with van der Waals surface area (Å²) in [6.07, 6.45) is 15.4. The molecule has 0 aromatic heterocycles. The quantitative estimate of drug-likeness (QED) is 0.510. The van der Waals surface area contributed by atoms with Crippen LogP contribution in [0.3, 0.4) is 0 Å². The Morgan fingerprint density at radius 3 is 1.75 bits per heavy atom. The predicted octanol–water partition coefficient (Wildman–Crippen LogP) is 3.16. The lowest BCUT2D eigenvalue weighted by Crippen LogP contribution is -2.47. The first-order valence-corrected chi connectivity index (χ1v) is 5.32. The van der Waals surface area contributed by atoms with Gasteiger partial charge in [0.05, 0.1) is 0 Å². The van der Waals surface area contributed by atoms with E-state index in [4.69, 9.17) is 0 Å². The molecule has 0 heterocycles. The molecule has 4 unspecified atom stereocenters. The first-order chi connectivity index (χ1) is 5.97. The molecule has 0 spiro atoms. The molecule has 4 atom stereocenters. The van der Waals surface area contributed by atoms with Crippen molar-refractivity contribution in [3.8, 4) is 0 Å². The Balaban J connectivity index is 1.83. The van der Waals surface area contributed by atoms with Crippen molar-refractivity contribution in [1.29, 1.82) is 0 Å². The van der Waals surface area contributed by atoms with Crippen molar-refractivity contribution in [2.24, 2.45) is 23.7 Å². The van der Waals surface area contributed by atoms with Gasteiger partial charge in [0, 0.05) is 0 Å². The molecule has 0 heteroatoms. The van der Waals surface area contributed by atoms with Gasteiger partial charge in [0.1, 0.15) is 0 Å². The van der Waals surface area contributed by atoms with Crippen LogP contribution in [-0.4, -0.2) is 0 Å². The summed E-state index contributed by atoms with van der Waals surface area (Å²) in [5, 5.41) is 0. The van der Waals surface area contributed by atoms with Crippen LogP contribution in [0.4, 0.5) is 0 Å². The summed E-state index contributed by atoms with van der Waals surface area (Å²) in [4.78, 5) is 0. The molecule has 0 aromatic carbocycles. The Morgan fingerprint density at radius 2 is 1.25 bits per heavy atom. The van der Waals surface area contributed by atoms with E-state index in [1.807, 2.05) is 0 Å². The summed E-state index contributed by atoms with van der Waals surface area (Å²) in [6.45, 7) is 0. The molecule has 2 saturated carbocycles. The lowest BCUT2D eigenvalue weighted by Gasteiger charge is -2.53. The van der Waals surface area contributed by atoms with Crippen LogP contribution in [0.1, 0.15) is 25.7 Å². The maximum atomic E-state index is 2.44. The average molecular weight is 160 g/mol. The van der Waals surface area contributed by atoms with Gasteiger partial charge >= 0.3 is 0 Å². The molecule has 0 bridgehead atoms. The van der Waals surface area contributed by atoms with Crippen molar-refractivity contribution in [3.63, 3.8) is 0 Å². The SMILES string of the molecule is C1=CC2C(C=C1)C1CCCCC21. The summed E-state index contributed by atoms with van der Waals surface area (Å²) in [7, 11) is 0. The lowest BCUT2D eigenvalue weighted by molar-refractivity contribution is 0.00361. The van der Waals surface area contributed by atoms with Gasteiger partial charge in [-0.3, -0.25) is 0 Å². The van der Waals surface area contributed by atoms with E-state index in [1.165, 1.54) is 25.7 Å². The molecule has 0 saturated heterocycles. The molecule has 12 heavy (non-hydrogen) atoms. The van der Waals surface area contributed by atoms with Crippen molar-refractivity contribution in [1.82, 2.24) is 0 Å². The van der Waals surface area contributed by atoms with Crippen molar-refractivity contribution in [3.05, 3.63) is 24.3 Å². The Hall–Kier alpha value is -0.520. The zero-order valence-electron chi connectivity index (χ0n) is 7.45. The highest BCUT2D eigenvalue weighted by molar-refractivity contribution is 5.22. The van der Waals surface area contributed by atoms with Crippen LogP contribution in [0, 0.1) is 23.7 Å². The Bertz CT molecular complexity index is 210. The van der Waals surface area contributed by atoms with Gasteiger partial charge in [-0.15, -0.1) is 0 Å². The Morgan fingerprint density at radius 1 is 0.750 bits per heavy atom. The zero-order chi connectivity index (χ0) is 7.97. The number of hydrogen-bond acceptors (Lipinski definition) is 0. The number of rotatable bonds is 0. The molecule has 2 fully saturated rings. The van der Waals surface area contributed by atoms with E-state index in [-0.39, 0.29) is 0 Å². The van der Waals surface area contributed by atoms with E-state index in [9.17, 15) is 0 Å². The molecule has 0 aromatic rings. The van der Waals surface area contributed by atoms with Crippen LogP contribution in [0.5, 0.6) is 0 Å². The monoisotopic (exact) mass is 160 g/mol. The third-order valence-electron chi connectivity index (χ3n) is 4.09. The van der Waals surface area contributed by atoms with E-state index in [1.54, 1.807) is 0 Å². The van der Waals surface area contributed by atoms with Crippen LogP contribution in [0.2, 0.25) is 0 Å². The van der Waals surface area contributed by atoms with Gasteiger partial charge in [-0.2, -0.15) is 0 Å². The molecule has 3 aliphatic rings. The lowest BCUT2D eigenvalue weighted by atomic mass is 9.51. The fraction of sp³-hybridized carbons (Fsp3) is 0.667.